The highest BCUT2D eigenvalue weighted by Gasteiger charge is 2.06. The summed E-state index contributed by atoms with van der Waals surface area (Å²) >= 11 is 0. The number of ether oxygens (including phenoxy) is 1. The van der Waals surface area contributed by atoms with Gasteiger partial charge < -0.3 is 9.64 Å². The highest BCUT2D eigenvalue weighted by molar-refractivity contribution is 5.92. The molecule has 0 N–H and O–H groups in total. The molecule has 2 rings (SSSR count). The fraction of sp³-hybridized carbons (Fsp3) is 0.308. The molecule has 0 saturated heterocycles. The molecule has 1 heterocycles. The van der Waals surface area contributed by atoms with Gasteiger partial charge in [-0.3, -0.25) is 4.98 Å². The molecular formula is C13H16N2O. The van der Waals surface area contributed by atoms with Crippen LogP contribution in [0.25, 0.3) is 10.9 Å². The van der Waals surface area contributed by atoms with Gasteiger partial charge in [-0.25, -0.2) is 0 Å². The SMILES string of the molecule is COc1ccc2c(N(C)C)cc(C)nc2c1. The van der Waals surface area contributed by atoms with Crippen LogP contribution in [-0.4, -0.2) is 26.2 Å². The Hall–Kier alpha value is -1.77. The molecular weight excluding hydrogens is 200 g/mol. The number of hydrogen-bond donors (Lipinski definition) is 0. The summed E-state index contributed by atoms with van der Waals surface area (Å²) in [6.45, 7) is 2.01. The molecule has 0 aliphatic carbocycles. The average Bonchev–Trinajstić information content (AvgIpc) is 2.26. The average molecular weight is 216 g/mol. The van der Waals surface area contributed by atoms with E-state index in [0.29, 0.717) is 0 Å². The first kappa shape index (κ1) is 10.7. The maximum absolute atomic E-state index is 5.21. The Balaban J connectivity index is 2.73. The van der Waals surface area contributed by atoms with Gasteiger partial charge in [-0.1, -0.05) is 0 Å². The number of aromatic nitrogens is 1. The standard InChI is InChI=1S/C13H16N2O/c1-9-7-13(15(2)3)11-6-5-10(16-4)8-12(11)14-9/h5-8H,1-4H3. The smallest absolute Gasteiger partial charge is 0.121 e. The Labute approximate surface area is 95.7 Å². The number of nitrogens with zero attached hydrogens (tertiary/aromatic N) is 2. The van der Waals surface area contributed by atoms with Crippen LogP contribution < -0.4 is 9.64 Å². The number of aryl methyl sites for hydroxylation is 1. The maximum atomic E-state index is 5.21. The summed E-state index contributed by atoms with van der Waals surface area (Å²) in [5.41, 5.74) is 3.18. The van der Waals surface area contributed by atoms with Crippen molar-refractivity contribution in [3.05, 3.63) is 30.0 Å². The van der Waals surface area contributed by atoms with Crippen molar-refractivity contribution in [3.63, 3.8) is 0 Å². The van der Waals surface area contributed by atoms with Crippen molar-refractivity contribution in [3.8, 4) is 5.75 Å². The van der Waals surface area contributed by atoms with Crippen molar-refractivity contribution >= 4 is 16.6 Å². The van der Waals surface area contributed by atoms with Gasteiger partial charge in [0.2, 0.25) is 0 Å². The molecule has 0 unspecified atom stereocenters. The van der Waals surface area contributed by atoms with Gasteiger partial charge in [0, 0.05) is 36.9 Å². The van der Waals surface area contributed by atoms with E-state index in [1.807, 2.05) is 33.2 Å². The van der Waals surface area contributed by atoms with Gasteiger partial charge in [-0.15, -0.1) is 0 Å². The number of methoxy groups -OCH3 is 1. The maximum Gasteiger partial charge on any atom is 0.121 e. The summed E-state index contributed by atoms with van der Waals surface area (Å²) in [5, 5.41) is 1.15. The van der Waals surface area contributed by atoms with Crippen LogP contribution in [0.15, 0.2) is 24.3 Å². The molecule has 0 atom stereocenters. The van der Waals surface area contributed by atoms with Crippen molar-refractivity contribution in [2.24, 2.45) is 0 Å². The largest absolute Gasteiger partial charge is 0.497 e. The van der Waals surface area contributed by atoms with Gasteiger partial charge in [0.25, 0.3) is 0 Å². The quantitative estimate of drug-likeness (QED) is 0.771. The van der Waals surface area contributed by atoms with Gasteiger partial charge >= 0.3 is 0 Å². The Bertz CT molecular complexity index is 521. The molecule has 1 aromatic heterocycles. The second-order valence-corrected chi connectivity index (χ2v) is 4.06. The highest BCUT2D eigenvalue weighted by Crippen LogP contribution is 2.28. The van der Waals surface area contributed by atoms with E-state index < -0.39 is 0 Å². The lowest BCUT2D eigenvalue weighted by Gasteiger charge is -2.16. The summed E-state index contributed by atoms with van der Waals surface area (Å²) in [5.74, 6) is 0.843. The van der Waals surface area contributed by atoms with Crippen molar-refractivity contribution in [1.82, 2.24) is 4.98 Å². The van der Waals surface area contributed by atoms with Crippen LogP contribution in [0.4, 0.5) is 5.69 Å². The molecule has 3 heteroatoms. The molecule has 16 heavy (non-hydrogen) atoms. The summed E-state index contributed by atoms with van der Waals surface area (Å²) in [4.78, 5) is 6.62. The number of hydrogen-bond acceptors (Lipinski definition) is 3. The van der Waals surface area contributed by atoms with Gasteiger partial charge in [0.1, 0.15) is 5.75 Å². The molecule has 0 amide bonds. The predicted octanol–water partition coefficient (Wildman–Crippen LogP) is 2.62. The zero-order chi connectivity index (χ0) is 11.7. The van der Waals surface area contributed by atoms with E-state index in [1.54, 1.807) is 7.11 Å². The first-order valence-electron chi connectivity index (χ1n) is 5.24. The summed E-state index contributed by atoms with van der Waals surface area (Å²) in [6.07, 6.45) is 0. The molecule has 84 valence electrons. The van der Waals surface area contributed by atoms with Crippen LogP contribution >= 0.6 is 0 Å². The van der Waals surface area contributed by atoms with E-state index in [2.05, 4.69) is 22.0 Å². The molecule has 0 spiro atoms. The third kappa shape index (κ3) is 1.81. The molecule has 3 nitrogen and oxygen atoms in total. The monoisotopic (exact) mass is 216 g/mol. The molecule has 0 bridgehead atoms. The van der Waals surface area contributed by atoms with E-state index in [-0.39, 0.29) is 0 Å². The van der Waals surface area contributed by atoms with Crippen LogP contribution in [-0.2, 0) is 0 Å². The van der Waals surface area contributed by atoms with Crippen LogP contribution in [0.3, 0.4) is 0 Å². The lowest BCUT2D eigenvalue weighted by atomic mass is 10.1. The third-order valence-electron chi connectivity index (χ3n) is 2.61. The Morgan fingerprint density at radius 3 is 2.56 bits per heavy atom. The summed E-state index contributed by atoms with van der Waals surface area (Å²) < 4.78 is 5.21. The topological polar surface area (TPSA) is 25.4 Å². The predicted molar refractivity (Wildman–Crippen MR) is 67.4 cm³/mol. The van der Waals surface area contributed by atoms with E-state index in [9.17, 15) is 0 Å². The normalized spacial score (nSPS) is 10.5. The van der Waals surface area contributed by atoms with Crippen molar-refractivity contribution in [1.29, 1.82) is 0 Å². The number of anilines is 1. The minimum Gasteiger partial charge on any atom is -0.497 e. The highest BCUT2D eigenvalue weighted by atomic mass is 16.5. The van der Waals surface area contributed by atoms with Crippen LogP contribution in [0.1, 0.15) is 5.69 Å². The number of pyridine rings is 1. The first-order valence-corrected chi connectivity index (χ1v) is 5.24. The first-order chi connectivity index (χ1) is 7.61. The Morgan fingerprint density at radius 1 is 1.19 bits per heavy atom. The van der Waals surface area contributed by atoms with Crippen LogP contribution in [0.2, 0.25) is 0 Å². The molecule has 0 aliphatic rings. The molecule has 0 aliphatic heterocycles. The van der Waals surface area contributed by atoms with Crippen LogP contribution in [0.5, 0.6) is 5.75 Å². The van der Waals surface area contributed by atoms with E-state index in [0.717, 1.165) is 22.3 Å². The molecule has 1 aromatic carbocycles. The van der Waals surface area contributed by atoms with Crippen LogP contribution in [0, 0.1) is 6.92 Å². The van der Waals surface area contributed by atoms with Crippen molar-refractivity contribution in [2.75, 3.05) is 26.1 Å². The van der Waals surface area contributed by atoms with Crippen molar-refractivity contribution < 1.29 is 4.74 Å². The number of rotatable bonds is 2. The second-order valence-electron chi connectivity index (χ2n) is 4.06. The van der Waals surface area contributed by atoms with E-state index in [1.165, 1.54) is 5.69 Å². The number of benzene rings is 1. The lowest BCUT2D eigenvalue weighted by molar-refractivity contribution is 0.415. The Kier molecular flexibility index (Phi) is 2.69. The van der Waals surface area contributed by atoms with Crippen molar-refractivity contribution in [2.45, 2.75) is 6.92 Å². The minimum atomic E-state index is 0.843. The molecule has 0 radical (unpaired) electrons. The van der Waals surface area contributed by atoms with Gasteiger partial charge in [-0.05, 0) is 25.1 Å². The lowest BCUT2D eigenvalue weighted by Crippen LogP contribution is -2.09. The second kappa shape index (κ2) is 4.00. The fourth-order valence-electron chi connectivity index (χ4n) is 1.82. The fourth-order valence-corrected chi connectivity index (χ4v) is 1.82. The van der Waals surface area contributed by atoms with Gasteiger partial charge in [0.15, 0.2) is 0 Å². The minimum absolute atomic E-state index is 0.843. The summed E-state index contributed by atoms with van der Waals surface area (Å²) in [6, 6.07) is 8.08. The third-order valence-corrected chi connectivity index (χ3v) is 2.61. The van der Waals surface area contributed by atoms with E-state index in [4.69, 9.17) is 4.74 Å². The number of fused-ring (bicyclic) bond motifs is 1. The zero-order valence-electron chi connectivity index (χ0n) is 10.1. The van der Waals surface area contributed by atoms with Gasteiger partial charge in [-0.2, -0.15) is 0 Å². The molecule has 2 aromatic rings. The Morgan fingerprint density at radius 2 is 1.94 bits per heavy atom. The van der Waals surface area contributed by atoms with Gasteiger partial charge in [0.05, 0.1) is 12.6 Å². The molecule has 0 fully saturated rings. The van der Waals surface area contributed by atoms with E-state index >= 15 is 0 Å². The summed E-state index contributed by atoms with van der Waals surface area (Å²) in [7, 11) is 5.75. The zero-order valence-corrected chi connectivity index (χ0v) is 10.1. The molecule has 0 saturated carbocycles.